The van der Waals surface area contributed by atoms with E-state index in [2.05, 4.69) is 52.0 Å². The molecule has 1 aromatic carbocycles. The maximum absolute atomic E-state index is 5.87. The first-order valence-electron chi connectivity index (χ1n) is 8.98. The Morgan fingerprint density at radius 1 is 0.955 bits per heavy atom. The van der Waals surface area contributed by atoms with E-state index in [9.17, 15) is 0 Å². The number of rotatable bonds is 11. The molecule has 2 nitrogen and oxygen atoms in total. The Morgan fingerprint density at radius 3 is 2.18 bits per heavy atom. The van der Waals surface area contributed by atoms with Gasteiger partial charge in [-0.3, -0.25) is 0 Å². The fourth-order valence-electron chi connectivity index (χ4n) is 2.51. The lowest BCUT2D eigenvalue weighted by atomic mass is 9.99. The minimum absolute atomic E-state index is 0.190. The molecular formula is C20H34O2. The van der Waals surface area contributed by atoms with Gasteiger partial charge in [-0.2, -0.15) is 0 Å². The molecule has 22 heavy (non-hydrogen) atoms. The molecule has 0 spiro atoms. The number of unbranched alkanes of at least 4 members (excludes halogenated alkanes) is 1. The normalized spacial score (nSPS) is 15.3. The van der Waals surface area contributed by atoms with E-state index in [0.717, 1.165) is 18.8 Å². The van der Waals surface area contributed by atoms with E-state index >= 15 is 0 Å². The predicted octanol–water partition coefficient (Wildman–Crippen LogP) is 6.16. The van der Waals surface area contributed by atoms with Crippen LogP contribution in [-0.4, -0.2) is 12.9 Å². The molecule has 0 aliphatic rings. The van der Waals surface area contributed by atoms with Crippen molar-refractivity contribution in [2.75, 3.05) is 6.61 Å². The third-order valence-electron chi connectivity index (χ3n) is 4.47. The summed E-state index contributed by atoms with van der Waals surface area (Å²) in [6, 6.07) is 8.42. The van der Waals surface area contributed by atoms with E-state index in [0.29, 0.717) is 11.8 Å². The average Bonchev–Trinajstić information content (AvgIpc) is 2.55. The molecule has 0 aliphatic heterocycles. The summed E-state index contributed by atoms with van der Waals surface area (Å²) in [5.41, 5.74) is 1.37. The van der Waals surface area contributed by atoms with Crippen molar-refractivity contribution in [2.45, 2.75) is 78.9 Å². The second kappa shape index (κ2) is 10.7. The minimum Gasteiger partial charge on any atom is -0.465 e. The summed E-state index contributed by atoms with van der Waals surface area (Å²) in [6.07, 6.45) is 5.94. The van der Waals surface area contributed by atoms with Crippen LogP contribution in [0.3, 0.4) is 0 Å². The monoisotopic (exact) mass is 306 g/mol. The molecule has 1 aromatic rings. The molecular weight excluding hydrogens is 272 g/mol. The van der Waals surface area contributed by atoms with Gasteiger partial charge in [0.25, 0.3) is 0 Å². The Hall–Kier alpha value is -1.02. The minimum atomic E-state index is -0.190. The van der Waals surface area contributed by atoms with Crippen LogP contribution in [0.5, 0.6) is 5.75 Å². The summed E-state index contributed by atoms with van der Waals surface area (Å²) in [5.74, 6) is 2.14. The highest BCUT2D eigenvalue weighted by molar-refractivity contribution is 5.29. The fourth-order valence-corrected chi connectivity index (χ4v) is 2.51. The number of ether oxygens (including phenoxy) is 2. The highest BCUT2D eigenvalue weighted by Gasteiger charge is 2.10. The summed E-state index contributed by atoms with van der Waals surface area (Å²) in [6.45, 7) is 11.7. The molecule has 0 N–H and O–H groups in total. The van der Waals surface area contributed by atoms with Gasteiger partial charge in [0.05, 0.1) is 6.61 Å². The smallest absolute Gasteiger partial charge is 0.196 e. The van der Waals surface area contributed by atoms with Crippen LogP contribution >= 0.6 is 0 Å². The molecule has 1 rings (SSSR count). The lowest BCUT2D eigenvalue weighted by Crippen LogP contribution is -2.20. The summed E-state index contributed by atoms with van der Waals surface area (Å²) in [7, 11) is 0. The van der Waals surface area contributed by atoms with Gasteiger partial charge in [0, 0.05) is 0 Å². The van der Waals surface area contributed by atoms with Gasteiger partial charge in [0.15, 0.2) is 6.29 Å². The third kappa shape index (κ3) is 6.83. The second-order valence-corrected chi connectivity index (χ2v) is 6.31. The van der Waals surface area contributed by atoms with Crippen molar-refractivity contribution in [3.05, 3.63) is 29.8 Å². The van der Waals surface area contributed by atoms with Crippen LogP contribution < -0.4 is 4.74 Å². The van der Waals surface area contributed by atoms with Crippen LogP contribution in [0, 0.1) is 5.92 Å². The van der Waals surface area contributed by atoms with Gasteiger partial charge in [0.1, 0.15) is 5.75 Å². The first-order chi connectivity index (χ1) is 10.6. The summed E-state index contributed by atoms with van der Waals surface area (Å²) >= 11 is 0. The standard InChI is InChI=1S/C20H34O2/c1-6-9-10-18(8-3)15-21-17(5)22-20-13-11-19(12-14-20)16(4)7-2/h11-14,16-18H,6-10,15H2,1-5H3. The SMILES string of the molecule is CCCCC(CC)COC(C)Oc1ccc(C(C)CC)cc1. The van der Waals surface area contributed by atoms with Crippen molar-refractivity contribution >= 4 is 0 Å². The van der Waals surface area contributed by atoms with Crippen LogP contribution in [0.2, 0.25) is 0 Å². The Bertz CT molecular complexity index is 385. The van der Waals surface area contributed by atoms with E-state index in [1.165, 1.54) is 31.2 Å². The zero-order valence-electron chi connectivity index (χ0n) is 15.1. The van der Waals surface area contributed by atoms with Crippen LogP contribution in [0.25, 0.3) is 0 Å². The molecule has 0 heterocycles. The number of benzene rings is 1. The molecule has 0 saturated carbocycles. The highest BCUT2D eigenvalue weighted by atomic mass is 16.7. The van der Waals surface area contributed by atoms with Gasteiger partial charge in [-0.25, -0.2) is 0 Å². The highest BCUT2D eigenvalue weighted by Crippen LogP contribution is 2.22. The quantitative estimate of drug-likeness (QED) is 0.456. The molecule has 3 atom stereocenters. The molecule has 0 aliphatic carbocycles. The first-order valence-corrected chi connectivity index (χ1v) is 8.98. The van der Waals surface area contributed by atoms with Crippen molar-refractivity contribution in [3.63, 3.8) is 0 Å². The molecule has 0 bridgehead atoms. The van der Waals surface area contributed by atoms with E-state index in [-0.39, 0.29) is 6.29 Å². The van der Waals surface area contributed by atoms with Crippen LogP contribution in [0.1, 0.15) is 78.2 Å². The van der Waals surface area contributed by atoms with Gasteiger partial charge >= 0.3 is 0 Å². The van der Waals surface area contributed by atoms with Gasteiger partial charge in [-0.1, -0.05) is 59.1 Å². The average molecular weight is 306 g/mol. The summed E-state index contributed by atoms with van der Waals surface area (Å²) in [4.78, 5) is 0. The second-order valence-electron chi connectivity index (χ2n) is 6.31. The van der Waals surface area contributed by atoms with Crippen molar-refractivity contribution in [1.29, 1.82) is 0 Å². The molecule has 0 amide bonds. The zero-order valence-corrected chi connectivity index (χ0v) is 15.1. The summed E-state index contributed by atoms with van der Waals surface area (Å²) < 4.78 is 11.7. The van der Waals surface area contributed by atoms with Crippen molar-refractivity contribution < 1.29 is 9.47 Å². The fraction of sp³-hybridized carbons (Fsp3) is 0.700. The zero-order chi connectivity index (χ0) is 16.4. The Kier molecular flexibility index (Phi) is 9.22. The van der Waals surface area contributed by atoms with E-state index < -0.39 is 0 Å². The van der Waals surface area contributed by atoms with Crippen LogP contribution in [0.4, 0.5) is 0 Å². The summed E-state index contributed by atoms with van der Waals surface area (Å²) in [5, 5.41) is 0. The largest absolute Gasteiger partial charge is 0.465 e. The first kappa shape index (κ1) is 19.0. The van der Waals surface area contributed by atoms with Crippen LogP contribution in [0.15, 0.2) is 24.3 Å². The van der Waals surface area contributed by atoms with Crippen molar-refractivity contribution in [3.8, 4) is 5.75 Å². The van der Waals surface area contributed by atoms with E-state index in [4.69, 9.17) is 9.47 Å². The van der Waals surface area contributed by atoms with Crippen molar-refractivity contribution in [1.82, 2.24) is 0 Å². The lowest BCUT2D eigenvalue weighted by Gasteiger charge is -2.20. The van der Waals surface area contributed by atoms with Gasteiger partial charge in [0.2, 0.25) is 0 Å². The van der Waals surface area contributed by atoms with Gasteiger partial charge in [-0.05, 0) is 49.3 Å². The Balaban J connectivity index is 2.39. The van der Waals surface area contributed by atoms with Crippen LogP contribution in [-0.2, 0) is 4.74 Å². The molecule has 0 radical (unpaired) electrons. The topological polar surface area (TPSA) is 18.5 Å². The molecule has 2 heteroatoms. The molecule has 0 aromatic heterocycles. The Morgan fingerprint density at radius 2 is 1.64 bits per heavy atom. The number of hydrogen-bond acceptors (Lipinski definition) is 2. The molecule has 0 saturated heterocycles. The van der Waals surface area contributed by atoms with Gasteiger partial charge < -0.3 is 9.47 Å². The molecule has 126 valence electrons. The number of hydrogen-bond donors (Lipinski definition) is 0. The maximum atomic E-state index is 5.87. The third-order valence-corrected chi connectivity index (χ3v) is 4.47. The van der Waals surface area contributed by atoms with Crippen molar-refractivity contribution in [2.24, 2.45) is 5.92 Å². The molecule has 3 unspecified atom stereocenters. The Labute approximate surface area is 137 Å². The predicted molar refractivity (Wildman–Crippen MR) is 94.5 cm³/mol. The van der Waals surface area contributed by atoms with Gasteiger partial charge in [-0.15, -0.1) is 0 Å². The lowest BCUT2D eigenvalue weighted by molar-refractivity contribution is -0.0801. The molecule has 0 fully saturated rings. The van der Waals surface area contributed by atoms with E-state index in [1.54, 1.807) is 0 Å². The van der Waals surface area contributed by atoms with E-state index in [1.807, 2.05) is 6.92 Å². The maximum Gasteiger partial charge on any atom is 0.196 e.